The fourth-order valence-electron chi connectivity index (χ4n) is 9.78. The summed E-state index contributed by atoms with van der Waals surface area (Å²) in [7, 11) is 18.6. The maximum absolute atomic E-state index is 6.36. The van der Waals surface area contributed by atoms with Crippen LogP contribution in [0.1, 0.15) is 0 Å². The van der Waals surface area contributed by atoms with Gasteiger partial charge < -0.3 is 4.42 Å². The van der Waals surface area contributed by atoms with Crippen LogP contribution in [0.5, 0.6) is 0 Å². The van der Waals surface area contributed by atoms with Crippen LogP contribution in [0.15, 0.2) is 126 Å². The molecular weight excluding hydrogens is 655 g/mol. The third kappa shape index (κ3) is 4.78. The third-order valence-electron chi connectivity index (χ3n) is 13.3. The number of fused-ring (bicyclic) bond motifs is 7. The fourth-order valence-corrected chi connectivity index (χ4v) is 9.78. The van der Waals surface area contributed by atoms with Crippen LogP contribution in [-0.2, 0) is 0 Å². The summed E-state index contributed by atoms with van der Waals surface area (Å²) in [4.78, 5) is 0. The Bertz CT molecular complexity index is 3220. The van der Waals surface area contributed by atoms with Crippen molar-refractivity contribution >= 4 is 172 Å². The molecule has 55 heavy (non-hydrogen) atoms. The first-order valence-electron chi connectivity index (χ1n) is 19.5. The van der Waals surface area contributed by atoms with Gasteiger partial charge in [0.1, 0.15) is 73.9 Å². The Hall–Kier alpha value is -5.66. The Morgan fingerprint density at radius 2 is 0.764 bits per heavy atom. The molecule has 0 aliphatic rings. The van der Waals surface area contributed by atoms with Gasteiger partial charge in [-0.2, -0.15) is 0 Å². The van der Waals surface area contributed by atoms with Gasteiger partial charge in [0.2, 0.25) is 0 Å². The van der Waals surface area contributed by atoms with Crippen LogP contribution in [0.25, 0.3) is 98.4 Å². The highest BCUT2D eigenvalue weighted by atomic mass is 16.3. The summed E-state index contributed by atoms with van der Waals surface area (Å²) in [5.41, 5.74) is 20.4. The Labute approximate surface area is 329 Å². The molecule has 0 saturated carbocycles. The van der Waals surface area contributed by atoms with Gasteiger partial charge in [-0.25, -0.2) is 0 Å². The lowest BCUT2D eigenvalue weighted by atomic mass is 9.59. The van der Waals surface area contributed by atoms with Crippen LogP contribution in [0.3, 0.4) is 0 Å². The first-order chi connectivity index (χ1) is 26.7. The first-order valence-corrected chi connectivity index (χ1v) is 19.5. The molecular formula is C46H36B8O. The van der Waals surface area contributed by atoms with E-state index >= 15 is 0 Å². The molecule has 9 heteroatoms. The van der Waals surface area contributed by atoms with Crippen molar-refractivity contribution in [3.63, 3.8) is 0 Å². The van der Waals surface area contributed by atoms with Crippen molar-refractivity contribution < 1.29 is 4.42 Å². The largest absolute Gasteiger partial charge is 0.456 e. The summed E-state index contributed by atoms with van der Waals surface area (Å²) in [6.45, 7) is 0. The molecule has 250 valence electrons. The maximum Gasteiger partial charge on any atom is 0.139 e. The number of hydrogen-bond donors (Lipinski definition) is 0. The highest BCUT2D eigenvalue weighted by Crippen LogP contribution is 2.45. The van der Waals surface area contributed by atoms with Gasteiger partial charge in [-0.1, -0.05) is 125 Å². The van der Waals surface area contributed by atoms with E-state index in [0.717, 1.165) is 21.9 Å². The molecule has 9 aromatic carbocycles. The Kier molecular flexibility index (Phi) is 7.66. The van der Waals surface area contributed by atoms with Gasteiger partial charge in [-0.15, -0.1) is 21.9 Å². The van der Waals surface area contributed by atoms with Crippen molar-refractivity contribution in [2.24, 2.45) is 0 Å². The molecule has 0 aliphatic heterocycles. The Morgan fingerprint density at radius 1 is 0.309 bits per heavy atom. The highest BCUT2D eigenvalue weighted by Gasteiger charge is 2.26. The number of hydrogen-bond acceptors (Lipinski definition) is 1. The second-order valence-corrected chi connectivity index (χ2v) is 15.8. The highest BCUT2D eigenvalue weighted by molar-refractivity contribution is 6.71. The minimum absolute atomic E-state index is 0.924. The summed E-state index contributed by atoms with van der Waals surface area (Å²) in [6.07, 6.45) is 0. The fraction of sp³-hybridized carbons (Fsp3) is 0. The lowest BCUT2D eigenvalue weighted by Gasteiger charge is -2.28. The topological polar surface area (TPSA) is 13.1 Å². The molecule has 10 aromatic rings. The van der Waals surface area contributed by atoms with E-state index in [1.807, 2.05) is 0 Å². The summed E-state index contributed by atoms with van der Waals surface area (Å²) in [5.74, 6) is 0. The van der Waals surface area contributed by atoms with Crippen molar-refractivity contribution in [2.45, 2.75) is 0 Å². The summed E-state index contributed by atoms with van der Waals surface area (Å²) in [5, 5.41) is 12.8. The van der Waals surface area contributed by atoms with Crippen LogP contribution in [0.4, 0.5) is 0 Å². The Balaban J connectivity index is 1.42. The molecule has 0 spiro atoms. The minimum atomic E-state index is 0.924. The lowest BCUT2D eigenvalue weighted by Crippen LogP contribution is -2.50. The molecule has 1 heterocycles. The monoisotopic (exact) mass is 692 g/mol. The average molecular weight is 691 g/mol. The van der Waals surface area contributed by atoms with Gasteiger partial charge in [-0.3, -0.25) is 0 Å². The van der Waals surface area contributed by atoms with Crippen molar-refractivity contribution in [2.75, 3.05) is 0 Å². The van der Waals surface area contributed by atoms with E-state index < -0.39 is 0 Å². The van der Waals surface area contributed by atoms with Gasteiger partial charge in [0, 0.05) is 10.8 Å². The van der Waals surface area contributed by atoms with Crippen molar-refractivity contribution in [3.05, 3.63) is 121 Å². The molecule has 10 rings (SSSR count). The second kappa shape index (κ2) is 12.4. The van der Waals surface area contributed by atoms with Gasteiger partial charge in [-0.05, 0) is 94.7 Å². The first kappa shape index (κ1) is 33.9. The van der Waals surface area contributed by atoms with Gasteiger partial charge >= 0.3 is 0 Å². The minimum Gasteiger partial charge on any atom is -0.456 e. The predicted molar refractivity (Wildman–Crippen MR) is 265 cm³/mol. The molecule has 0 saturated heterocycles. The Morgan fingerprint density at radius 3 is 1.40 bits per heavy atom. The molecule has 0 radical (unpaired) electrons. The van der Waals surface area contributed by atoms with Crippen LogP contribution in [0.2, 0.25) is 0 Å². The van der Waals surface area contributed by atoms with E-state index in [4.69, 9.17) is 4.42 Å². The quantitative estimate of drug-likeness (QED) is 0.176. The summed E-state index contributed by atoms with van der Waals surface area (Å²) >= 11 is 0. The van der Waals surface area contributed by atoms with E-state index in [2.05, 4.69) is 184 Å². The zero-order valence-electron chi connectivity index (χ0n) is 33.0. The lowest BCUT2D eigenvalue weighted by molar-refractivity contribution is 0.669. The van der Waals surface area contributed by atoms with Gasteiger partial charge in [0.25, 0.3) is 0 Å². The summed E-state index contributed by atoms with van der Waals surface area (Å²) < 4.78 is 6.36. The maximum atomic E-state index is 6.36. The molecule has 1 nitrogen and oxygen atoms in total. The van der Waals surface area contributed by atoms with Crippen molar-refractivity contribution in [1.29, 1.82) is 0 Å². The van der Waals surface area contributed by atoms with E-state index in [9.17, 15) is 0 Å². The zero-order valence-corrected chi connectivity index (χ0v) is 33.0. The molecule has 0 unspecified atom stereocenters. The number of para-hydroxylation sites is 1. The van der Waals surface area contributed by atoms with Crippen LogP contribution < -0.4 is 43.7 Å². The molecule has 1 aromatic heterocycles. The third-order valence-corrected chi connectivity index (χ3v) is 13.3. The van der Waals surface area contributed by atoms with E-state index in [1.165, 1.54) is 120 Å². The number of furan rings is 1. The molecule has 0 amide bonds. The standard InChI is InChI=1S/C46H36B8O/c47-39-35-33(22-16-19-32-30(20-22)28-13-5-6-15-31(28)55-32)36-38(42(50)46(54)44(52)40(36)48)34(37(35)41(49)45(53)43(39)51)29-18-17-27(25-11-3-4-12-26(25)29)24-14-7-9-21-8-1-2-10-23(21)24/h1-20H,47-54H2. The molecule has 0 fully saturated rings. The van der Waals surface area contributed by atoms with Crippen LogP contribution in [0, 0.1) is 0 Å². The van der Waals surface area contributed by atoms with Gasteiger partial charge in [0.05, 0.1) is 0 Å². The SMILES string of the molecule is Bc1c(B)c(B)c2c(-c3ccc(-c4cccc5ccccc45)c4ccccc34)c3c(B)c(B)c(B)c(B)c3c(-c3ccc4oc5ccccc5c4c3)c2c1B. The van der Waals surface area contributed by atoms with E-state index in [0.29, 0.717) is 0 Å². The zero-order chi connectivity index (χ0) is 37.9. The predicted octanol–water partition coefficient (Wildman–Crippen LogP) is -0.733. The van der Waals surface area contributed by atoms with Gasteiger partial charge in [0.15, 0.2) is 0 Å². The van der Waals surface area contributed by atoms with Crippen molar-refractivity contribution in [1.82, 2.24) is 0 Å². The smallest absolute Gasteiger partial charge is 0.139 e. The molecule has 0 N–H and O–H groups in total. The summed E-state index contributed by atoms with van der Waals surface area (Å²) in [6, 6.07) is 44.6. The molecule has 0 bridgehead atoms. The van der Waals surface area contributed by atoms with E-state index in [1.54, 1.807) is 0 Å². The number of benzene rings is 9. The van der Waals surface area contributed by atoms with Crippen LogP contribution in [-0.4, -0.2) is 62.8 Å². The molecule has 0 aliphatic carbocycles. The van der Waals surface area contributed by atoms with E-state index in [-0.39, 0.29) is 0 Å². The van der Waals surface area contributed by atoms with Crippen LogP contribution >= 0.6 is 0 Å². The van der Waals surface area contributed by atoms with Crippen molar-refractivity contribution in [3.8, 4) is 33.4 Å². The second-order valence-electron chi connectivity index (χ2n) is 15.8. The molecule has 0 atom stereocenters. The number of rotatable bonds is 3. The average Bonchev–Trinajstić information content (AvgIpc) is 3.60. The normalized spacial score (nSPS) is 11.9.